The highest BCUT2D eigenvalue weighted by molar-refractivity contribution is 6.10. The van der Waals surface area contributed by atoms with Gasteiger partial charge in [0.25, 0.3) is 5.91 Å². The number of fused-ring (bicyclic) bond motifs is 1. The molecule has 0 fully saturated rings. The molecule has 5 heteroatoms. The van der Waals surface area contributed by atoms with E-state index in [1.54, 1.807) is 19.1 Å². The van der Waals surface area contributed by atoms with Crippen LogP contribution >= 0.6 is 0 Å². The number of para-hydroxylation sites is 1. The molecule has 0 bridgehead atoms. The maximum atomic E-state index is 12.7. The molecule has 0 atom stereocenters. The van der Waals surface area contributed by atoms with Crippen molar-refractivity contribution in [1.29, 1.82) is 0 Å². The van der Waals surface area contributed by atoms with E-state index in [0.29, 0.717) is 16.7 Å². The van der Waals surface area contributed by atoms with Crippen molar-refractivity contribution in [2.24, 2.45) is 0 Å². The van der Waals surface area contributed by atoms with Crippen molar-refractivity contribution in [2.45, 2.75) is 13.8 Å². The number of rotatable bonds is 2. The Morgan fingerprint density at radius 3 is 2.38 bits per heavy atom. The van der Waals surface area contributed by atoms with Crippen LogP contribution in [0.1, 0.15) is 22.8 Å². The monoisotopic (exact) mass is 321 g/mol. The average molecular weight is 321 g/mol. The van der Waals surface area contributed by atoms with Crippen LogP contribution in [0.4, 0.5) is 0 Å². The summed E-state index contributed by atoms with van der Waals surface area (Å²) in [5.74, 6) is -0.662. The Morgan fingerprint density at radius 2 is 1.71 bits per heavy atom. The number of benzene rings is 2. The Labute approximate surface area is 137 Å². The number of hydrogen-bond donors (Lipinski definition) is 1. The normalized spacial score (nSPS) is 10.6. The van der Waals surface area contributed by atoms with Gasteiger partial charge in [-0.2, -0.15) is 0 Å². The predicted octanol–water partition coefficient (Wildman–Crippen LogP) is 3.04. The molecule has 5 nitrogen and oxygen atoms in total. The highest BCUT2D eigenvalue weighted by Crippen LogP contribution is 2.27. The number of amides is 2. The molecule has 0 aliphatic heterocycles. The van der Waals surface area contributed by atoms with E-state index in [4.69, 9.17) is 4.42 Å². The van der Waals surface area contributed by atoms with Crippen LogP contribution in [0.5, 0.6) is 0 Å². The molecule has 3 rings (SSSR count). The maximum absolute atomic E-state index is 12.7. The summed E-state index contributed by atoms with van der Waals surface area (Å²) in [7, 11) is 0. The standard InChI is InChI=1S/C19H15NO4/c1-11-16(22)14-9-6-10-15(19(23)20-12(2)21)18(14)24-17(11)13-7-4-3-5-8-13/h3-10H,1-2H3,(H,20,21,23). The van der Waals surface area contributed by atoms with Crippen LogP contribution in [-0.2, 0) is 4.79 Å². The number of hydrogen-bond acceptors (Lipinski definition) is 4. The molecule has 0 saturated heterocycles. The summed E-state index contributed by atoms with van der Waals surface area (Å²) in [5, 5.41) is 2.51. The molecule has 0 aliphatic rings. The van der Waals surface area contributed by atoms with E-state index in [1.165, 1.54) is 13.0 Å². The van der Waals surface area contributed by atoms with Gasteiger partial charge in [-0.1, -0.05) is 36.4 Å². The Morgan fingerprint density at radius 1 is 1.00 bits per heavy atom. The largest absolute Gasteiger partial charge is 0.455 e. The van der Waals surface area contributed by atoms with Crippen LogP contribution in [-0.4, -0.2) is 11.8 Å². The first-order valence-corrected chi connectivity index (χ1v) is 7.43. The van der Waals surface area contributed by atoms with E-state index >= 15 is 0 Å². The van der Waals surface area contributed by atoms with Gasteiger partial charge in [0.1, 0.15) is 5.76 Å². The van der Waals surface area contributed by atoms with E-state index < -0.39 is 11.8 Å². The van der Waals surface area contributed by atoms with Crippen LogP contribution in [0.2, 0.25) is 0 Å². The maximum Gasteiger partial charge on any atom is 0.261 e. The molecule has 3 aromatic rings. The van der Waals surface area contributed by atoms with Crippen molar-refractivity contribution in [3.05, 3.63) is 69.9 Å². The van der Waals surface area contributed by atoms with E-state index in [0.717, 1.165) is 5.56 Å². The van der Waals surface area contributed by atoms with Crippen molar-refractivity contribution in [1.82, 2.24) is 5.32 Å². The molecule has 0 aliphatic carbocycles. The fourth-order valence-electron chi connectivity index (χ4n) is 2.58. The minimum Gasteiger partial charge on any atom is -0.455 e. The second-order valence-electron chi connectivity index (χ2n) is 5.44. The molecule has 24 heavy (non-hydrogen) atoms. The van der Waals surface area contributed by atoms with E-state index in [9.17, 15) is 14.4 Å². The fourth-order valence-corrected chi connectivity index (χ4v) is 2.58. The van der Waals surface area contributed by atoms with E-state index in [-0.39, 0.29) is 16.6 Å². The molecule has 0 spiro atoms. The lowest BCUT2D eigenvalue weighted by Gasteiger charge is -2.10. The highest BCUT2D eigenvalue weighted by Gasteiger charge is 2.18. The molecule has 2 aromatic carbocycles. The molecular weight excluding hydrogens is 306 g/mol. The number of nitrogens with one attached hydrogen (secondary N) is 1. The lowest BCUT2D eigenvalue weighted by molar-refractivity contribution is -0.118. The molecule has 0 radical (unpaired) electrons. The van der Waals surface area contributed by atoms with Crippen molar-refractivity contribution in [3.8, 4) is 11.3 Å². The first-order chi connectivity index (χ1) is 11.5. The molecular formula is C19H15NO4. The second-order valence-corrected chi connectivity index (χ2v) is 5.44. The summed E-state index contributed by atoms with van der Waals surface area (Å²) in [6.45, 7) is 2.94. The lowest BCUT2D eigenvalue weighted by Crippen LogP contribution is -2.28. The van der Waals surface area contributed by atoms with Gasteiger partial charge in [0.15, 0.2) is 11.0 Å². The zero-order chi connectivity index (χ0) is 17.3. The number of carbonyl (C=O) groups is 2. The smallest absolute Gasteiger partial charge is 0.261 e. The van der Waals surface area contributed by atoms with E-state index in [2.05, 4.69) is 5.32 Å². The van der Waals surface area contributed by atoms with Gasteiger partial charge in [-0.3, -0.25) is 19.7 Å². The van der Waals surface area contributed by atoms with Gasteiger partial charge in [0, 0.05) is 18.1 Å². The van der Waals surface area contributed by atoms with Crippen molar-refractivity contribution in [3.63, 3.8) is 0 Å². The van der Waals surface area contributed by atoms with Gasteiger partial charge in [-0.25, -0.2) is 0 Å². The molecule has 0 saturated carbocycles. The first-order valence-electron chi connectivity index (χ1n) is 7.43. The van der Waals surface area contributed by atoms with Gasteiger partial charge in [0.05, 0.1) is 10.9 Å². The topological polar surface area (TPSA) is 76.4 Å². The number of imide groups is 1. The lowest BCUT2D eigenvalue weighted by atomic mass is 10.0. The minimum absolute atomic E-state index is 0.150. The third-order valence-electron chi connectivity index (χ3n) is 3.72. The Kier molecular flexibility index (Phi) is 4.00. The van der Waals surface area contributed by atoms with Crippen LogP contribution in [0, 0.1) is 6.92 Å². The minimum atomic E-state index is -0.598. The number of carbonyl (C=O) groups excluding carboxylic acids is 2. The third kappa shape index (κ3) is 2.72. The SMILES string of the molecule is CC(=O)NC(=O)c1cccc2c(=O)c(C)c(-c3ccccc3)oc12. The van der Waals surface area contributed by atoms with Gasteiger partial charge >= 0.3 is 0 Å². The summed E-state index contributed by atoms with van der Waals surface area (Å²) in [6, 6.07) is 13.9. The molecule has 0 unspecified atom stereocenters. The molecule has 2 amide bonds. The Bertz CT molecular complexity index is 1000. The van der Waals surface area contributed by atoms with Crippen molar-refractivity contribution < 1.29 is 14.0 Å². The zero-order valence-corrected chi connectivity index (χ0v) is 13.3. The predicted molar refractivity (Wildman–Crippen MR) is 90.8 cm³/mol. The average Bonchev–Trinajstić information content (AvgIpc) is 2.57. The third-order valence-corrected chi connectivity index (χ3v) is 3.72. The summed E-state index contributed by atoms with van der Waals surface area (Å²) in [5.41, 5.74) is 1.34. The van der Waals surface area contributed by atoms with Gasteiger partial charge in [-0.05, 0) is 19.1 Å². The second kappa shape index (κ2) is 6.12. The fraction of sp³-hybridized carbons (Fsp3) is 0.105. The van der Waals surface area contributed by atoms with Crippen molar-refractivity contribution >= 4 is 22.8 Å². The van der Waals surface area contributed by atoms with Crippen LogP contribution in [0.3, 0.4) is 0 Å². The zero-order valence-electron chi connectivity index (χ0n) is 13.3. The summed E-state index contributed by atoms with van der Waals surface area (Å²) in [4.78, 5) is 36.0. The summed E-state index contributed by atoms with van der Waals surface area (Å²) in [6.07, 6.45) is 0. The summed E-state index contributed by atoms with van der Waals surface area (Å²) >= 11 is 0. The van der Waals surface area contributed by atoms with E-state index in [1.807, 2.05) is 30.3 Å². The first kappa shape index (κ1) is 15.7. The van der Waals surface area contributed by atoms with Gasteiger partial charge < -0.3 is 4.42 Å². The van der Waals surface area contributed by atoms with Crippen LogP contribution in [0.15, 0.2) is 57.7 Å². The molecule has 1 heterocycles. The molecule has 120 valence electrons. The summed E-state index contributed by atoms with van der Waals surface area (Å²) < 4.78 is 5.92. The van der Waals surface area contributed by atoms with Crippen LogP contribution in [0.25, 0.3) is 22.3 Å². The molecule has 1 aromatic heterocycles. The van der Waals surface area contributed by atoms with Crippen LogP contribution < -0.4 is 10.7 Å². The van der Waals surface area contributed by atoms with Gasteiger partial charge in [0.2, 0.25) is 5.91 Å². The Balaban J connectivity index is 2.30. The highest BCUT2D eigenvalue weighted by atomic mass is 16.3. The van der Waals surface area contributed by atoms with Gasteiger partial charge in [-0.15, -0.1) is 0 Å². The molecule has 1 N–H and O–H groups in total. The Hall–Kier alpha value is -3.21. The quantitative estimate of drug-likeness (QED) is 0.787. The van der Waals surface area contributed by atoms with Crippen molar-refractivity contribution in [2.75, 3.05) is 0 Å².